The lowest BCUT2D eigenvalue weighted by Crippen LogP contribution is -1.70. The second-order valence-electron chi connectivity index (χ2n) is 5.04. The second kappa shape index (κ2) is 3.62. The predicted octanol–water partition coefficient (Wildman–Crippen LogP) is 5.49. The molecule has 0 spiro atoms. The number of para-hydroxylation sites is 1. The van der Waals surface area contributed by atoms with Crippen molar-refractivity contribution >= 4 is 53.3 Å². The molecule has 93 valence electrons. The molecule has 0 amide bonds. The molecule has 3 aromatic carbocycles. The summed E-state index contributed by atoms with van der Waals surface area (Å²) in [5.41, 5.74) is 2.28. The highest BCUT2D eigenvalue weighted by atomic mass is 32.1. The molecule has 0 saturated carbocycles. The highest BCUT2D eigenvalue weighted by Crippen LogP contribution is 2.40. The van der Waals surface area contributed by atoms with Crippen LogP contribution in [0.1, 0.15) is 0 Å². The fourth-order valence-corrected chi connectivity index (χ4v) is 4.20. The number of fused-ring (bicyclic) bond motifs is 7. The van der Waals surface area contributed by atoms with Crippen LogP contribution in [0.15, 0.2) is 54.6 Å². The molecule has 1 radical (unpaired) electrons. The van der Waals surface area contributed by atoms with E-state index in [-0.39, 0.29) is 0 Å². The first-order valence-corrected chi connectivity index (χ1v) is 7.46. The predicted molar refractivity (Wildman–Crippen MR) is 87.5 cm³/mol. The Kier molecular flexibility index (Phi) is 1.89. The Balaban J connectivity index is 2.19. The van der Waals surface area contributed by atoms with Gasteiger partial charge in [0.1, 0.15) is 0 Å². The molecule has 0 unspecified atom stereocenters. The molecule has 20 heavy (non-hydrogen) atoms. The third-order valence-electron chi connectivity index (χ3n) is 3.93. The Morgan fingerprint density at radius 1 is 0.800 bits per heavy atom. The average molecular weight is 272 g/mol. The Bertz CT molecular complexity index is 1010. The van der Waals surface area contributed by atoms with Crippen LogP contribution >= 0.6 is 11.3 Å². The van der Waals surface area contributed by atoms with Crippen molar-refractivity contribution in [1.29, 1.82) is 0 Å². The van der Waals surface area contributed by atoms with Crippen LogP contribution in [0.3, 0.4) is 0 Å². The highest BCUT2D eigenvalue weighted by Gasteiger charge is 2.12. The van der Waals surface area contributed by atoms with E-state index in [1.165, 1.54) is 36.5 Å². The maximum absolute atomic E-state index is 3.47. The molecule has 1 N–H and O–H groups in total. The lowest BCUT2D eigenvalue weighted by atomic mass is 10.1. The van der Waals surface area contributed by atoms with Gasteiger partial charge in [0.2, 0.25) is 0 Å². The Hall–Kier alpha value is -2.32. The van der Waals surface area contributed by atoms with Crippen LogP contribution in [0.5, 0.6) is 0 Å². The molecule has 5 aromatic rings. The van der Waals surface area contributed by atoms with Crippen LogP contribution in [0, 0.1) is 6.07 Å². The molecular formula is C18H10NS. The average Bonchev–Trinajstić information content (AvgIpc) is 3.04. The molecular weight excluding hydrogens is 262 g/mol. The molecule has 2 aromatic heterocycles. The first-order valence-electron chi connectivity index (χ1n) is 6.64. The number of thiophene rings is 1. The van der Waals surface area contributed by atoms with Crippen molar-refractivity contribution in [2.24, 2.45) is 0 Å². The van der Waals surface area contributed by atoms with Gasteiger partial charge in [-0.3, -0.25) is 0 Å². The number of hydrogen-bond acceptors (Lipinski definition) is 1. The van der Waals surface area contributed by atoms with E-state index in [1.54, 1.807) is 0 Å². The summed E-state index contributed by atoms with van der Waals surface area (Å²) < 4.78 is 2.70. The molecule has 0 aliphatic rings. The first kappa shape index (κ1) is 10.5. The van der Waals surface area contributed by atoms with Gasteiger partial charge in [0, 0.05) is 42.5 Å². The van der Waals surface area contributed by atoms with E-state index < -0.39 is 0 Å². The van der Waals surface area contributed by atoms with E-state index in [0.29, 0.717) is 0 Å². The molecule has 0 aliphatic carbocycles. The van der Waals surface area contributed by atoms with Crippen LogP contribution in [0.25, 0.3) is 42.0 Å². The largest absolute Gasteiger partial charge is 0.354 e. The Labute approximate surface area is 119 Å². The Morgan fingerprint density at radius 3 is 2.70 bits per heavy atom. The molecule has 0 aliphatic heterocycles. The van der Waals surface area contributed by atoms with Gasteiger partial charge >= 0.3 is 0 Å². The van der Waals surface area contributed by atoms with Crippen molar-refractivity contribution in [2.45, 2.75) is 0 Å². The van der Waals surface area contributed by atoms with Gasteiger partial charge in [0.25, 0.3) is 0 Å². The maximum Gasteiger partial charge on any atom is 0.0545 e. The van der Waals surface area contributed by atoms with Gasteiger partial charge in [0.15, 0.2) is 0 Å². The van der Waals surface area contributed by atoms with Gasteiger partial charge in [-0.05, 0) is 18.2 Å². The van der Waals surface area contributed by atoms with Gasteiger partial charge in [-0.2, -0.15) is 0 Å². The monoisotopic (exact) mass is 272 g/mol. The summed E-state index contributed by atoms with van der Waals surface area (Å²) in [5, 5.41) is 5.31. The summed E-state index contributed by atoms with van der Waals surface area (Å²) in [6, 6.07) is 22.5. The third-order valence-corrected chi connectivity index (χ3v) is 5.06. The summed E-state index contributed by atoms with van der Waals surface area (Å²) in [5.74, 6) is 0. The maximum atomic E-state index is 3.47. The van der Waals surface area contributed by atoms with E-state index in [1.807, 2.05) is 17.4 Å². The molecule has 2 heterocycles. The van der Waals surface area contributed by atoms with Crippen molar-refractivity contribution in [3.63, 3.8) is 0 Å². The van der Waals surface area contributed by atoms with Gasteiger partial charge < -0.3 is 4.98 Å². The number of hydrogen-bond donors (Lipinski definition) is 1. The van der Waals surface area contributed by atoms with E-state index in [2.05, 4.69) is 59.6 Å². The summed E-state index contributed by atoms with van der Waals surface area (Å²) in [4.78, 5) is 3.47. The lowest BCUT2D eigenvalue weighted by molar-refractivity contribution is 1.55. The highest BCUT2D eigenvalue weighted by molar-refractivity contribution is 7.26. The number of H-pyrrole nitrogens is 1. The molecule has 0 atom stereocenters. The number of aromatic amines is 1. The van der Waals surface area contributed by atoms with Crippen molar-refractivity contribution in [2.75, 3.05) is 0 Å². The van der Waals surface area contributed by atoms with Crippen molar-refractivity contribution < 1.29 is 0 Å². The van der Waals surface area contributed by atoms with Crippen LogP contribution in [0.2, 0.25) is 0 Å². The SMILES string of the molecule is [c]1cccc2c1[nH]c1ccc3sc4ccccc4c3c12. The van der Waals surface area contributed by atoms with E-state index in [0.717, 1.165) is 5.52 Å². The van der Waals surface area contributed by atoms with E-state index >= 15 is 0 Å². The van der Waals surface area contributed by atoms with E-state index in [9.17, 15) is 0 Å². The second-order valence-corrected chi connectivity index (χ2v) is 6.13. The summed E-state index contributed by atoms with van der Waals surface area (Å²) in [6.45, 7) is 0. The minimum atomic E-state index is 1.09. The van der Waals surface area contributed by atoms with Crippen molar-refractivity contribution in [3.05, 3.63) is 60.7 Å². The van der Waals surface area contributed by atoms with Crippen LogP contribution < -0.4 is 0 Å². The summed E-state index contributed by atoms with van der Waals surface area (Å²) in [7, 11) is 0. The normalized spacial score (nSPS) is 12.0. The topological polar surface area (TPSA) is 15.8 Å². The number of aromatic nitrogens is 1. The van der Waals surface area contributed by atoms with Crippen LogP contribution in [-0.4, -0.2) is 4.98 Å². The third kappa shape index (κ3) is 1.22. The first-order chi connectivity index (χ1) is 9.92. The Morgan fingerprint density at radius 2 is 1.70 bits per heavy atom. The van der Waals surface area contributed by atoms with Crippen molar-refractivity contribution in [1.82, 2.24) is 4.98 Å². The smallest absolute Gasteiger partial charge is 0.0545 e. The van der Waals surface area contributed by atoms with Gasteiger partial charge in [0.05, 0.1) is 5.52 Å². The number of rotatable bonds is 0. The molecule has 0 fully saturated rings. The quantitative estimate of drug-likeness (QED) is 0.383. The van der Waals surface area contributed by atoms with Gasteiger partial charge in [-0.15, -0.1) is 11.3 Å². The fourth-order valence-electron chi connectivity index (χ4n) is 3.08. The van der Waals surface area contributed by atoms with Crippen molar-refractivity contribution in [3.8, 4) is 0 Å². The fraction of sp³-hybridized carbons (Fsp3) is 0. The van der Waals surface area contributed by atoms with E-state index in [4.69, 9.17) is 0 Å². The standard InChI is InChI=1S/C18H10NS/c1-3-7-13-11(5-1)17-14(19-13)9-10-16-18(17)12-6-2-4-8-15(12)20-16/h1-6,8-10,19H. The number of nitrogens with one attached hydrogen (secondary N) is 1. The van der Waals surface area contributed by atoms with Gasteiger partial charge in [-0.25, -0.2) is 0 Å². The summed E-state index contributed by atoms with van der Waals surface area (Å²) >= 11 is 1.86. The molecule has 0 saturated heterocycles. The van der Waals surface area contributed by atoms with Gasteiger partial charge in [-0.1, -0.05) is 36.4 Å². The lowest BCUT2D eigenvalue weighted by Gasteiger charge is -1.96. The minimum absolute atomic E-state index is 1.09. The zero-order valence-corrected chi connectivity index (χ0v) is 11.4. The molecule has 0 bridgehead atoms. The number of benzene rings is 3. The van der Waals surface area contributed by atoms with Crippen LogP contribution in [0.4, 0.5) is 0 Å². The summed E-state index contributed by atoms with van der Waals surface area (Å²) in [6.07, 6.45) is 0. The zero-order chi connectivity index (χ0) is 13.1. The minimum Gasteiger partial charge on any atom is -0.354 e. The zero-order valence-electron chi connectivity index (χ0n) is 10.6. The molecule has 2 heteroatoms. The molecule has 5 rings (SSSR count). The molecule has 1 nitrogen and oxygen atoms in total. The van der Waals surface area contributed by atoms with Crippen LogP contribution in [-0.2, 0) is 0 Å².